The van der Waals surface area contributed by atoms with E-state index in [2.05, 4.69) is 37.1 Å². The Hall–Kier alpha value is -1.48. The molecule has 0 aromatic heterocycles. The molecule has 2 heterocycles. The van der Waals surface area contributed by atoms with Crippen molar-refractivity contribution in [3.8, 4) is 0 Å². The number of hydrogen-bond acceptors (Lipinski definition) is 7. The number of hydrogen-bond donors (Lipinski definition) is 1. The molecule has 7 atom stereocenters. The first-order chi connectivity index (χ1) is 16.9. The van der Waals surface area contributed by atoms with Crippen molar-refractivity contribution in [2.45, 2.75) is 96.2 Å². The molecule has 0 unspecified atom stereocenters. The van der Waals surface area contributed by atoms with E-state index in [1.54, 1.807) is 7.11 Å². The first kappa shape index (κ1) is 29.1. The van der Waals surface area contributed by atoms with Gasteiger partial charge in [-0.2, -0.15) is 0 Å². The molecule has 2 aliphatic heterocycles. The van der Waals surface area contributed by atoms with Crippen LogP contribution in [-0.2, 0) is 28.5 Å². The summed E-state index contributed by atoms with van der Waals surface area (Å²) in [6.07, 6.45) is 4.88. The van der Waals surface area contributed by atoms with Crippen LogP contribution >= 0.6 is 0 Å². The van der Waals surface area contributed by atoms with Gasteiger partial charge in [0, 0.05) is 13.7 Å². The van der Waals surface area contributed by atoms with E-state index in [1.807, 2.05) is 27.9 Å². The third-order valence-corrected chi connectivity index (χ3v) is 8.13. The normalized spacial score (nSPS) is 33.9. The number of esters is 1. The van der Waals surface area contributed by atoms with Crippen LogP contribution in [0.2, 0.25) is 0 Å². The molecular formula is C28H48N2O6. The fraction of sp³-hybridized carbons (Fsp3) is 0.857. The Kier molecular flexibility index (Phi) is 9.63. The van der Waals surface area contributed by atoms with Crippen molar-refractivity contribution in [1.82, 2.24) is 10.2 Å². The van der Waals surface area contributed by atoms with Crippen molar-refractivity contribution in [2.75, 3.05) is 40.9 Å². The van der Waals surface area contributed by atoms with Gasteiger partial charge < -0.3 is 29.2 Å². The summed E-state index contributed by atoms with van der Waals surface area (Å²) < 4.78 is 24.2. The number of allylic oxidation sites excluding steroid dienone is 1. The topological polar surface area (TPSA) is 92.9 Å². The zero-order chi connectivity index (χ0) is 26.7. The van der Waals surface area contributed by atoms with Crippen LogP contribution in [0, 0.1) is 17.8 Å². The summed E-state index contributed by atoms with van der Waals surface area (Å²) >= 11 is 0. The number of ether oxygens (including phenoxy) is 4. The van der Waals surface area contributed by atoms with Crippen LogP contribution in [0.5, 0.6) is 0 Å². The number of carbonyl (C=O) groups is 2. The summed E-state index contributed by atoms with van der Waals surface area (Å²) in [6, 6.07) is 0. The second kappa shape index (κ2) is 11.9. The highest BCUT2D eigenvalue weighted by Gasteiger charge is 2.72. The lowest BCUT2D eigenvalue weighted by molar-refractivity contribution is -0.173. The molecule has 8 heteroatoms. The Bertz CT molecular complexity index is 804. The number of nitrogens with one attached hydrogen (secondary N) is 1. The number of carbonyl (C=O) groups excluding carboxylic acids is 2. The molecule has 1 saturated carbocycles. The predicted octanol–water partition coefficient (Wildman–Crippen LogP) is 3.34. The number of amides is 1. The van der Waals surface area contributed by atoms with Crippen LogP contribution in [0.3, 0.4) is 0 Å². The van der Waals surface area contributed by atoms with Gasteiger partial charge >= 0.3 is 5.97 Å². The second-order valence-electron chi connectivity index (χ2n) is 11.9. The Balaban J connectivity index is 1.62. The molecule has 3 fully saturated rings. The highest BCUT2D eigenvalue weighted by Crippen LogP contribution is 2.59. The minimum absolute atomic E-state index is 0.0157. The van der Waals surface area contributed by atoms with Gasteiger partial charge in [0.2, 0.25) is 5.91 Å². The molecule has 36 heavy (non-hydrogen) atoms. The average molecular weight is 509 g/mol. The van der Waals surface area contributed by atoms with Gasteiger partial charge in [-0.1, -0.05) is 25.5 Å². The van der Waals surface area contributed by atoms with Crippen LogP contribution in [0.25, 0.3) is 0 Å². The smallest absolute Gasteiger partial charge is 0.306 e. The van der Waals surface area contributed by atoms with Gasteiger partial charge in [-0.05, 0) is 73.0 Å². The summed E-state index contributed by atoms with van der Waals surface area (Å²) in [5.41, 5.74) is 0.636. The molecule has 0 radical (unpaired) electrons. The first-order valence-electron chi connectivity index (χ1n) is 13.5. The van der Waals surface area contributed by atoms with Crippen molar-refractivity contribution in [1.29, 1.82) is 0 Å². The maximum absolute atomic E-state index is 13.1. The SMILES string of the molecule is CO[C@@H]1[C@H](OC(=O)C[C@@H](C(=O)NCCCN(C)C)C(C)C)CC[C@]2(CO2)[C@H]1[C@]1(C)O[C@@H]1CC=C(C)C. The van der Waals surface area contributed by atoms with E-state index < -0.39 is 5.92 Å². The van der Waals surface area contributed by atoms with Crippen LogP contribution in [-0.4, -0.2) is 87.2 Å². The first-order valence-corrected chi connectivity index (χ1v) is 13.5. The average Bonchev–Trinajstić information content (AvgIpc) is 3.71. The third kappa shape index (κ3) is 6.88. The van der Waals surface area contributed by atoms with Crippen molar-refractivity contribution >= 4 is 11.9 Å². The Labute approximate surface area is 217 Å². The summed E-state index contributed by atoms with van der Waals surface area (Å²) in [5, 5.41) is 2.99. The van der Waals surface area contributed by atoms with E-state index >= 15 is 0 Å². The lowest BCUT2D eigenvalue weighted by Gasteiger charge is -2.42. The maximum Gasteiger partial charge on any atom is 0.306 e. The van der Waals surface area contributed by atoms with E-state index in [-0.39, 0.29) is 59.6 Å². The van der Waals surface area contributed by atoms with Gasteiger partial charge in [0.15, 0.2) is 0 Å². The Morgan fingerprint density at radius 1 is 1.25 bits per heavy atom. The molecule has 0 bridgehead atoms. The molecule has 8 nitrogen and oxygen atoms in total. The summed E-state index contributed by atoms with van der Waals surface area (Å²) in [6.45, 7) is 12.4. The minimum Gasteiger partial charge on any atom is -0.460 e. The summed E-state index contributed by atoms with van der Waals surface area (Å²) in [7, 11) is 5.69. The quantitative estimate of drug-likeness (QED) is 0.177. The van der Waals surface area contributed by atoms with Gasteiger partial charge in [0.25, 0.3) is 0 Å². The monoisotopic (exact) mass is 508 g/mol. The largest absolute Gasteiger partial charge is 0.460 e. The molecule has 3 aliphatic rings. The van der Waals surface area contributed by atoms with Crippen LogP contribution in [0.1, 0.15) is 66.7 Å². The van der Waals surface area contributed by atoms with Gasteiger partial charge in [-0.15, -0.1) is 0 Å². The zero-order valence-electron chi connectivity index (χ0n) is 23.6. The molecular weight excluding hydrogens is 460 g/mol. The highest BCUT2D eigenvalue weighted by atomic mass is 16.6. The number of methoxy groups -OCH3 is 1. The van der Waals surface area contributed by atoms with Crippen molar-refractivity contribution in [3.63, 3.8) is 0 Å². The standard InChI is InChI=1S/C28H48N2O6/c1-18(2)10-11-22-27(5,36-22)25-24(33-8)21(12-13-28(25)17-34-28)35-23(31)16-20(19(3)4)26(32)29-14-9-15-30(6)7/h10,19-22,24-25H,9,11-17H2,1-8H3,(H,29,32)/t20-,21-,22-,24-,25-,27-,28+/m1/s1. The van der Waals surface area contributed by atoms with Crippen LogP contribution in [0.15, 0.2) is 11.6 Å². The van der Waals surface area contributed by atoms with Gasteiger partial charge in [-0.3, -0.25) is 9.59 Å². The Morgan fingerprint density at radius 3 is 2.50 bits per heavy atom. The van der Waals surface area contributed by atoms with Gasteiger partial charge in [0.05, 0.1) is 31.0 Å². The van der Waals surface area contributed by atoms with Gasteiger partial charge in [0.1, 0.15) is 23.4 Å². The van der Waals surface area contributed by atoms with Crippen LogP contribution < -0.4 is 5.32 Å². The molecule has 1 N–H and O–H groups in total. The Morgan fingerprint density at radius 2 is 1.94 bits per heavy atom. The fourth-order valence-corrected chi connectivity index (χ4v) is 5.84. The van der Waals surface area contributed by atoms with E-state index in [0.717, 1.165) is 25.8 Å². The zero-order valence-corrected chi connectivity index (χ0v) is 23.6. The summed E-state index contributed by atoms with van der Waals surface area (Å²) in [5.74, 6) is -0.844. The predicted molar refractivity (Wildman–Crippen MR) is 139 cm³/mol. The van der Waals surface area contributed by atoms with E-state index in [4.69, 9.17) is 18.9 Å². The molecule has 0 aromatic carbocycles. The molecule has 1 spiro atoms. The number of epoxide rings is 2. The van der Waals surface area contributed by atoms with Crippen molar-refractivity contribution in [3.05, 3.63) is 11.6 Å². The highest BCUT2D eigenvalue weighted by molar-refractivity contribution is 5.84. The van der Waals surface area contributed by atoms with Crippen molar-refractivity contribution in [2.24, 2.45) is 17.8 Å². The molecule has 206 valence electrons. The van der Waals surface area contributed by atoms with Crippen LogP contribution in [0.4, 0.5) is 0 Å². The maximum atomic E-state index is 13.1. The molecule has 3 rings (SSSR count). The molecule has 1 amide bonds. The van der Waals surface area contributed by atoms with E-state index in [0.29, 0.717) is 19.6 Å². The van der Waals surface area contributed by atoms with E-state index in [1.165, 1.54) is 5.57 Å². The number of nitrogens with zero attached hydrogens (tertiary/aromatic N) is 1. The molecule has 1 aliphatic carbocycles. The van der Waals surface area contributed by atoms with Gasteiger partial charge in [-0.25, -0.2) is 0 Å². The third-order valence-electron chi connectivity index (χ3n) is 8.13. The summed E-state index contributed by atoms with van der Waals surface area (Å²) in [4.78, 5) is 28.0. The molecule has 0 aromatic rings. The lowest BCUT2D eigenvalue weighted by Crippen LogP contribution is -2.55. The lowest BCUT2D eigenvalue weighted by atomic mass is 9.68. The molecule has 2 saturated heterocycles. The minimum atomic E-state index is -0.423. The van der Waals surface area contributed by atoms with E-state index in [9.17, 15) is 9.59 Å². The number of rotatable bonds is 13. The van der Waals surface area contributed by atoms with Crippen molar-refractivity contribution < 1.29 is 28.5 Å². The second-order valence-corrected chi connectivity index (χ2v) is 11.9. The fourth-order valence-electron chi connectivity index (χ4n) is 5.84.